The van der Waals surface area contributed by atoms with E-state index in [4.69, 9.17) is 5.73 Å². The zero-order chi connectivity index (χ0) is 13.8. The van der Waals surface area contributed by atoms with Crippen LogP contribution < -0.4 is 11.1 Å². The van der Waals surface area contributed by atoms with Gasteiger partial charge in [-0.1, -0.05) is 25.1 Å². The van der Waals surface area contributed by atoms with Crippen LogP contribution >= 0.6 is 0 Å². The molecule has 1 aliphatic rings. The number of nitrogens with one attached hydrogen (secondary N) is 1. The standard InChI is InChI=1S/C15H23N3O/c1-11-8-9-18(14(11)10-16)12(2)15(19)17-13-6-4-3-5-7-13/h3-7,11-12,14H,8-10,16H2,1-2H3,(H,17,19). The van der Waals surface area contributed by atoms with E-state index in [1.54, 1.807) is 0 Å². The van der Waals surface area contributed by atoms with E-state index in [1.807, 2.05) is 37.3 Å². The van der Waals surface area contributed by atoms with Crippen molar-refractivity contribution in [2.75, 3.05) is 18.4 Å². The lowest BCUT2D eigenvalue weighted by Gasteiger charge is -2.30. The SMILES string of the molecule is CC1CCN(C(C)C(=O)Nc2ccccc2)C1CN. The lowest BCUT2D eigenvalue weighted by atomic mass is 10.0. The first-order chi connectivity index (χ1) is 9.13. The summed E-state index contributed by atoms with van der Waals surface area (Å²) in [6.07, 6.45) is 1.12. The average molecular weight is 261 g/mol. The molecule has 0 saturated carbocycles. The van der Waals surface area contributed by atoms with Gasteiger partial charge in [-0.3, -0.25) is 9.69 Å². The molecule has 0 aromatic heterocycles. The van der Waals surface area contributed by atoms with Crippen molar-refractivity contribution in [3.8, 4) is 0 Å². The molecule has 1 aromatic carbocycles. The van der Waals surface area contributed by atoms with E-state index in [0.717, 1.165) is 18.7 Å². The molecule has 1 heterocycles. The lowest BCUT2D eigenvalue weighted by Crippen LogP contribution is -2.48. The van der Waals surface area contributed by atoms with Crippen LogP contribution in [0.1, 0.15) is 20.3 Å². The maximum Gasteiger partial charge on any atom is 0.241 e. The highest BCUT2D eigenvalue weighted by Crippen LogP contribution is 2.25. The van der Waals surface area contributed by atoms with E-state index in [2.05, 4.69) is 17.1 Å². The highest BCUT2D eigenvalue weighted by Gasteiger charge is 2.35. The molecule has 0 aliphatic carbocycles. The van der Waals surface area contributed by atoms with Gasteiger partial charge in [0, 0.05) is 18.3 Å². The number of anilines is 1. The summed E-state index contributed by atoms with van der Waals surface area (Å²) in [7, 11) is 0. The molecule has 4 nitrogen and oxygen atoms in total. The molecular weight excluding hydrogens is 238 g/mol. The molecule has 2 rings (SSSR count). The van der Waals surface area contributed by atoms with E-state index in [-0.39, 0.29) is 11.9 Å². The number of benzene rings is 1. The Hall–Kier alpha value is -1.39. The Kier molecular flexibility index (Phi) is 4.56. The van der Waals surface area contributed by atoms with Crippen LogP contribution in [0, 0.1) is 5.92 Å². The van der Waals surface area contributed by atoms with Crippen LogP contribution in [-0.4, -0.2) is 36.0 Å². The van der Waals surface area contributed by atoms with Crippen molar-refractivity contribution >= 4 is 11.6 Å². The number of amides is 1. The fraction of sp³-hybridized carbons (Fsp3) is 0.533. The smallest absolute Gasteiger partial charge is 0.241 e. The monoisotopic (exact) mass is 261 g/mol. The summed E-state index contributed by atoms with van der Waals surface area (Å²) >= 11 is 0. The van der Waals surface area contributed by atoms with Gasteiger partial charge in [0.2, 0.25) is 5.91 Å². The average Bonchev–Trinajstić information content (AvgIpc) is 2.80. The number of nitrogens with two attached hydrogens (primary N) is 1. The summed E-state index contributed by atoms with van der Waals surface area (Å²) in [5, 5.41) is 2.96. The molecule has 19 heavy (non-hydrogen) atoms. The topological polar surface area (TPSA) is 58.4 Å². The molecule has 1 saturated heterocycles. The first kappa shape index (κ1) is 14.0. The molecule has 3 unspecified atom stereocenters. The summed E-state index contributed by atoms with van der Waals surface area (Å²) in [4.78, 5) is 14.5. The largest absolute Gasteiger partial charge is 0.329 e. The number of carbonyl (C=O) groups is 1. The third kappa shape index (κ3) is 3.14. The zero-order valence-corrected chi connectivity index (χ0v) is 11.7. The van der Waals surface area contributed by atoms with Gasteiger partial charge in [-0.05, 0) is 37.9 Å². The number of rotatable bonds is 4. The van der Waals surface area contributed by atoms with Crippen LogP contribution in [0.2, 0.25) is 0 Å². The van der Waals surface area contributed by atoms with Gasteiger partial charge >= 0.3 is 0 Å². The molecule has 1 fully saturated rings. The van der Waals surface area contributed by atoms with Gasteiger partial charge in [0.05, 0.1) is 6.04 Å². The summed E-state index contributed by atoms with van der Waals surface area (Å²) in [6.45, 7) is 5.73. The Morgan fingerprint density at radius 3 is 2.79 bits per heavy atom. The van der Waals surface area contributed by atoms with E-state index in [1.165, 1.54) is 0 Å². The van der Waals surface area contributed by atoms with Crippen LogP contribution in [0.5, 0.6) is 0 Å². The Balaban J connectivity index is 1.99. The highest BCUT2D eigenvalue weighted by molar-refractivity contribution is 5.94. The van der Waals surface area contributed by atoms with Crippen molar-refractivity contribution in [3.05, 3.63) is 30.3 Å². The van der Waals surface area contributed by atoms with Crippen molar-refractivity contribution in [1.82, 2.24) is 4.90 Å². The van der Waals surface area contributed by atoms with Gasteiger partial charge < -0.3 is 11.1 Å². The van der Waals surface area contributed by atoms with Crippen molar-refractivity contribution in [3.63, 3.8) is 0 Å². The third-order valence-corrected chi connectivity index (χ3v) is 4.09. The van der Waals surface area contributed by atoms with Gasteiger partial charge in [-0.2, -0.15) is 0 Å². The van der Waals surface area contributed by atoms with Gasteiger partial charge in [0.25, 0.3) is 0 Å². The second-order valence-corrected chi connectivity index (χ2v) is 5.34. The van der Waals surface area contributed by atoms with Crippen LogP contribution in [0.4, 0.5) is 5.69 Å². The van der Waals surface area contributed by atoms with Crippen molar-refractivity contribution in [2.45, 2.75) is 32.4 Å². The fourth-order valence-corrected chi connectivity index (χ4v) is 2.81. The van der Waals surface area contributed by atoms with Gasteiger partial charge in [0.15, 0.2) is 0 Å². The molecule has 4 heteroatoms. The molecular formula is C15H23N3O. The first-order valence-corrected chi connectivity index (χ1v) is 6.95. The summed E-state index contributed by atoms with van der Waals surface area (Å²) in [6, 6.07) is 9.75. The molecule has 0 bridgehead atoms. The van der Waals surface area contributed by atoms with Crippen molar-refractivity contribution in [1.29, 1.82) is 0 Å². The van der Waals surface area contributed by atoms with Crippen LogP contribution in [0.3, 0.4) is 0 Å². The van der Waals surface area contributed by atoms with Crippen molar-refractivity contribution in [2.24, 2.45) is 11.7 Å². The molecule has 0 spiro atoms. The third-order valence-electron chi connectivity index (χ3n) is 4.09. The number of hydrogen-bond donors (Lipinski definition) is 2. The second kappa shape index (κ2) is 6.17. The number of nitrogens with zero attached hydrogens (tertiary/aromatic N) is 1. The van der Waals surface area contributed by atoms with E-state index >= 15 is 0 Å². The maximum atomic E-state index is 12.3. The Morgan fingerprint density at radius 2 is 2.16 bits per heavy atom. The molecule has 1 aromatic rings. The van der Waals surface area contributed by atoms with Gasteiger partial charge in [0.1, 0.15) is 0 Å². The fourth-order valence-electron chi connectivity index (χ4n) is 2.81. The molecule has 1 amide bonds. The van der Waals surface area contributed by atoms with Crippen LogP contribution in [0.15, 0.2) is 30.3 Å². The molecule has 0 radical (unpaired) electrons. The Bertz CT molecular complexity index is 421. The van der Waals surface area contributed by atoms with Gasteiger partial charge in [-0.15, -0.1) is 0 Å². The Morgan fingerprint density at radius 1 is 1.47 bits per heavy atom. The normalized spacial score (nSPS) is 25.2. The predicted molar refractivity (Wildman–Crippen MR) is 77.9 cm³/mol. The second-order valence-electron chi connectivity index (χ2n) is 5.34. The number of hydrogen-bond acceptors (Lipinski definition) is 3. The van der Waals surface area contributed by atoms with Crippen LogP contribution in [-0.2, 0) is 4.79 Å². The number of likely N-dealkylation sites (tertiary alicyclic amines) is 1. The Labute approximate surface area is 115 Å². The summed E-state index contributed by atoms with van der Waals surface area (Å²) < 4.78 is 0. The van der Waals surface area contributed by atoms with Crippen LogP contribution in [0.25, 0.3) is 0 Å². The van der Waals surface area contributed by atoms with E-state index < -0.39 is 0 Å². The quantitative estimate of drug-likeness (QED) is 0.867. The molecule has 104 valence electrons. The van der Waals surface area contributed by atoms with E-state index in [0.29, 0.717) is 18.5 Å². The van der Waals surface area contributed by atoms with Crippen molar-refractivity contribution < 1.29 is 4.79 Å². The maximum absolute atomic E-state index is 12.3. The predicted octanol–water partition coefficient (Wildman–Crippen LogP) is 1.68. The zero-order valence-electron chi connectivity index (χ0n) is 11.7. The first-order valence-electron chi connectivity index (χ1n) is 6.95. The summed E-state index contributed by atoms with van der Waals surface area (Å²) in [5.74, 6) is 0.607. The highest BCUT2D eigenvalue weighted by atomic mass is 16.2. The summed E-state index contributed by atoms with van der Waals surface area (Å²) in [5.41, 5.74) is 6.68. The molecule has 3 atom stereocenters. The minimum absolute atomic E-state index is 0.0405. The minimum atomic E-state index is -0.140. The lowest BCUT2D eigenvalue weighted by molar-refractivity contribution is -0.121. The molecule has 1 aliphatic heterocycles. The van der Waals surface area contributed by atoms with E-state index in [9.17, 15) is 4.79 Å². The minimum Gasteiger partial charge on any atom is -0.329 e. The molecule has 3 N–H and O–H groups in total. The number of carbonyl (C=O) groups excluding carboxylic acids is 1. The van der Waals surface area contributed by atoms with Gasteiger partial charge in [-0.25, -0.2) is 0 Å². The number of para-hydroxylation sites is 1.